The number of hydrogen-bond acceptors (Lipinski definition) is 11. The molecule has 2 aromatic heterocycles. The summed E-state index contributed by atoms with van der Waals surface area (Å²) in [5.74, 6) is 10.5. The van der Waals surface area contributed by atoms with Crippen LogP contribution in [0.4, 0.5) is 37.0 Å². The molecule has 0 atom stereocenters. The van der Waals surface area contributed by atoms with Crippen LogP contribution >= 0.6 is 0 Å². The number of rotatable bonds is 20. The number of pyridine rings is 1. The van der Waals surface area contributed by atoms with Crippen LogP contribution < -0.4 is 24.8 Å². The first kappa shape index (κ1) is 63.7. The summed E-state index contributed by atoms with van der Waals surface area (Å²) in [5, 5.41) is 10.1. The van der Waals surface area contributed by atoms with Gasteiger partial charge < -0.3 is 43.6 Å². The van der Waals surface area contributed by atoms with E-state index in [-0.39, 0.29) is 91.5 Å². The molecule has 4 aromatic carbocycles. The summed E-state index contributed by atoms with van der Waals surface area (Å²) in [5.41, 5.74) is 1.60. The van der Waals surface area contributed by atoms with Crippen molar-refractivity contribution in [3.63, 3.8) is 0 Å². The molecule has 1 aliphatic heterocycles. The van der Waals surface area contributed by atoms with E-state index < -0.39 is 49.3 Å². The first-order valence-electron chi connectivity index (χ1n) is 27.9. The first-order valence-corrected chi connectivity index (χ1v) is 30.8. The number of nitrogens with zero attached hydrogens (tertiary/aromatic N) is 4. The van der Waals surface area contributed by atoms with Gasteiger partial charge in [-0.15, -0.1) is 8.78 Å². The molecule has 1 saturated carbocycles. The van der Waals surface area contributed by atoms with E-state index in [1.54, 1.807) is 86.4 Å². The number of alkyl halides is 5. The third-order valence-electron chi connectivity index (χ3n) is 14.6. The molecule has 0 unspecified atom stereocenters. The van der Waals surface area contributed by atoms with Crippen LogP contribution in [0.25, 0.3) is 11.3 Å². The number of aryl methyl sites for hydroxylation is 2. The first-order chi connectivity index (χ1) is 40.5. The highest BCUT2D eigenvalue weighted by atomic mass is 28.4. The van der Waals surface area contributed by atoms with Gasteiger partial charge in [0.2, 0.25) is 5.91 Å². The number of fused-ring (bicyclic) bond motifs is 1. The average molecular weight is 1210 g/mol. The van der Waals surface area contributed by atoms with Crippen LogP contribution in [0, 0.1) is 36.4 Å². The minimum absolute atomic E-state index is 0.0118. The zero-order valence-electron chi connectivity index (χ0n) is 49.3. The number of carbonyl (C=O) groups excluding carboxylic acids is 3. The molecular formula is C64H68F6N6O9Si. The Hall–Kier alpha value is -8.31. The molecule has 22 heteroatoms. The van der Waals surface area contributed by atoms with E-state index in [0.717, 1.165) is 11.6 Å². The van der Waals surface area contributed by atoms with Crippen molar-refractivity contribution in [2.45, 2.75) is 129 Å². The number of hydrogen-bond donors (Lipinski definition) is 2. The number of benzene rings is 4. The van der Waals surface area contributed by atoms with Gasteiger partial charge in [-0.25, -0.2) is 14.2 Å². The van der Waals surface area contributed by atoms with Gasteiger partial charge in [0.1, 0.15) is 36.2 Å². The topological polar surface area (TPSA) is 165 Å². The minimum atomic E-state index is -4.90. The third-order valence-corrected chi connectivity index (χ3v) is 19.1. The van der Waals surface area contributed by atoms with Crippen LogP contribution in [0.1, 0.15) is 110 Å². The maximum atomic E-state index is 14.1. The lowest BCUT2D eigenvalue weighted by Crippen LogP contribution is -2.44. The second-order valence-electron chi connectivity index (χ2n) is 23.4. The molecule has 2 aliphatic rings. The number of anilines is 1. The van der Waals surface area contributed by atoms with Crippen LogP contribution in [-0.2, 0) is 50.0 Å². The van der Waals surface area contributed by atoms with Gasteiger partial charge >= 0.3 is 18.6 Å². The number of aromatic nitrogens is 3. The van der Waals surface area contributed by atoms with Crippen molar-refractivity contribution in [3.05, 3.63) is 154 Å². The maximum absolute atomic E-state index is 14.1. The van der Waals surface area contributed by atoms with E-state index in [9.17, 15) is 40.7 Å². The van der Waals surface area contributed by atoms with Crippen LogP contribution in [0.15, 0.2) is 103 Å². The van der Waals surface area contributed by atoms with E-state index in [0.29, 0.717) is 70.9 Å². The Kier molecular flexibility index (Phi) is 19.3. The monoisotopic (exact) mass is 1210 g/mol. The molecule has 2 N–H and O–H groups in total. The number of nitrogens with one attached hydrogen (secondary N) is 2. The summed E-state index contributed by atoms with van der Waals surface area (Å²) in [7, 11) is -2.20. The Morgan fingerprint density at radius 2 is 1.62 bits per heavy atom. The second-order valence-corrected chi connectivity index (χ2v) is 28.2. The Morgan fingerprint density at radius 3 is 2.35 bits per heavy atom. The van der Waals surface area contributed by atoms with Crippen molar-refractivity contribution >= 4 is 32.0 Å². The van der Waals surface area contributed by atoms with Crippen molar-refractivity contribution in [1.82, 2.24) is 25.0 Å². The number of amides is 3. The minimum Gasteiger partial charge on any atom is -0.489 e. The predicted octanol–water partition coefficient (Wildman–Crippen LogP) is 13.0. The largest absolute Gasteiger partial charge is 0.586 e. The Labute approximate surface area is 497 Å². The zero-order chi connectivity index (χ0) is 62.2. The van der Waals surface area contributed by atoms with Gasteiger partial charge in [-0.2, -0.15) is 18.3 Å². The van der Waals surface area contributed by atoms with Gasteiger partial charge in [0.05, 0.1) is 54.7 Å². The third kappa shape index (κ3) is 16.8. The standard InChI is InChI=1S/C64H68F6N6O9Si/c1-42-18-25-55(74-58(78)62(26-27-62)49-21-24-53-54(37-49)84-64(69,70)83-53)73-56(42)46-16-12-17-47(36-46)57(77)71-28-32-80-31-13-15-45-38-72-76(39-45)29-11-10-14-43-20-23-52(81-41-44-19-22-51(65)50(35-44)63(66,67)68)48(34-43)40-75(59(79)85-60(2,3)4)30-33-82-86(8,9)61(5,6)7/h12,16-25,34-39H,11,26-33,40-41H2,1-9H3,(H,71,77)(H,73,74,78). The van der Waals surface area contributed by atoms with Crippen LogP contribution in [0.2, 0.25) is 18.1 Å². The molecule has 3 amide bonds. The molecule has 86 heavy (non-hydrogen) atoms. The summed E-state index contributed by atoms with van der Waals surface area (Å²) < 4.78 is 117. The molecule has 1 aliphatic carbocycles. The van der Waals surface area contributed by atoms with E-state index in [4.69, 9.17) is 23.6 Å². The molecule has 0 radical (unpaired) electrons. The van der Waals surface area contributed by atoms with E-state index in [1.807, 2.05) is 19.1 Å². The van der Waals surface area contributed by atoms with Gasteiger partial charge in [-0.3, -0.25) is 14.3 Å². The summed E-state index contributed by atoms with van der Waals surface area (Å²) in [4.78, 5) is 46.7. The Morgan fingerprint density at radius 1 is 0.860 bits per heavy atom. The fourth-order valence-corrected chi connectivity index (χ4v) is 9.83. The predicted molar refractivity (Wildman–Crippen MR) is 312 cm³/mol. The quantitative estimate of drug-likeness (QED) is 0.0323. The normalized spacial score (nSPS) is 14.0. The van der Waals surface area contributed by atoms with E-state index in [1.165, 1.54) is 23.1 Å². The molecule has 15 nitrogen and oxygen atoms in total. The van der Waals surface area contributed by atoms with Crippen molar-refractivity contribution in [1.29, 1.82) is 0 Å². The van der Waals surface area contributed by atoms with Crippen molar-refractivity contribution in [3.8, 4) is 52.2 Å². The number of ether oxygens (including phenoxy) is 5. The van der Waals surface area contributed by atoms with Gasteiger partial charge in [-0.05, 0) is 136 Å². The van der Waals surface area contributed by atoms with E-state index in [2.05, 4.69) is 82.8 Å². The number of carbonyl (C=O) groups is 3. The molecule has 454 valence electrons. The molecule has 0 spiro atoms. The van der Waals surface area contributed by atoms with Crippen molar-refractivity contribution in [2.24, 2.45) is 0 Å². The summed E-state index contributed by atoms with van der Waals surface area (Å²) >= 11 is 0. The van der Waals surface area contributed by atoms with Gasteiger partial charge in [-0.1, -0.05) is 74.8 Å². The van der Waals surface area contributed by atoms with Gasteiger partial charge in [0.25, 0.3) is 5.91 Å². The maximum Gasteiger partial charge on any atom is 0.586 e. The molecule has 8 rings (SSSR count). The highest BCUT2D eigenvalue weighted by molar-refractivity contribution is 6.74. The summed E-state index contributed by atoms with van der Waals surface area (Å²) in [6.45, 7) is 18.7. The molecular weight excluding hydrogens is 1140 g/mol. The fourth-order valence-electron chi connectivity index (χ4n) is 8.79. The van der Waals surface area contributed by atoms with Gasteiger partial charge in [0.15, 0.2) is 19.8 Å². The molecule has 6 aromatic rings. The summed E-state index contributed by atoms with van der Waals surface area (Å²) in [6, 6.07) is 22.5. The molecule has 0 saturated heterocycles. The highest BCUT2D eigenvalue weighted by Gasteiger charge is 2.53. The fraction of sp³-hybridized carbons (Fsp3) is 0.391. The molecule has 3 heterocycles. The molecule has 0 bridgehead atoms. The van der Waals surface area contributed by atoms with Crippen molar-refractivity contribution < 1.29 is 68.8 Å². The van der Waals surface area contributed by atoms with E-state index >= 15 is 0 Å². The lowest BCUT2D eigenvalue weighted by atomic mass is 9.94. The van der Waals surface area contributed by atoms with Gasteiger partial charge in [0, 0.05) is 48.0 Å². The Bertz CT molecular complexity index is 3610. The van der Waals surface area contributed by atoms with Crippen LogP contribution in [0.5, 0.6) is 17.2 Å². The highest BCUT2D eigenvalue weighted by Crippen LogP contribution is 2.52. The van der Waals surface area contributed by atoms with Crippen LogP contribution in [-0.4, -0.2) is 90.7 Å². The smallest absolute Gasteiger partial charge is 0.489 e. The molecule has 1 fully saturated rings. The average Bonchev–Trinajstić information content (AvgIpc) is 1.82. The SMILES string of the molecule is Cc1ccc(NC(=O)C2(c3ccc4c(c3)OC(F)(F)O4)CC2)nc1-c1cccc(C(=O)NCCOCC#Cc2cnn(CCC#Cc3ccc(OCc4ccc(F)c(C(F)(F)F)c4)c(CN(CCO[Si](C)(C)C(C)(C)C)C(=O)OC(C)(C)C)c3)c2)c1. The Balaban J connectivity index is 0.825. The van der Waals surface area contributed by atoms with Crippen LogP contribution in [0.3, 0.4) is 0 Å². The van der Waals surface area contributed by atoms with Crippen molar-refractivity contribution in [2.75, 3.05) is 38.2 Å². The summed E-state index contributed by atoms with van der Waals surface area (Å²) in [6.07, 6.45) is -4.46. The lowest BCUT2D eigenvalue weighted by Gasteiger charge is -2.37. The number of halogens is 6. The lowest BCUT2D eigenvalue weighted by molar-refractivity contribution is -0.286. The second kappa shape index (κ2) is 26.1. The zero-order valence-corrected chi connectivity index (χ0v) is 50.3.